The summed E-state index contributed by atoms with van der Waals surface area (Å²) in [5.41, 5.74) is 0.997. The Balaban J connectivity index is 2.43. The standard InChI is InChI=1S/C12H13N3O2/c1-8(2)13-12-10(14-16)11(17-15-12)9-6-4-3-5-7-9/h3-8H,1-2H3,(H,13,15). The van der Waals surface area contributed by atoms with Crippen LogP contribution in [0.25, 0.3) is 11.3 Å². The van der Waals surface area contributed by atoms with Gasteiger partial charge in [-0.05, 0) is 19.0 Å². The maximum absolute atomic E-state index is 10.9. The van der Waals surface area contributed by atoms with Crippen molar-refractivity contribution in [3.63, 3.8) is 0 Å². The molecule has 1 N–H and O–H groups in total. The molecule has 0 spiro atoms. The molecule has 0 unspecified atom stereocenters. The molecular weight excluding hydrogens is 218 g/mol. The normalized spacial score (nSPS) is 10.5. The molecule has 0 aliphatic rings. The minimum atomic E-state index is 0.157. The second kappa shape index (κ2) is 4.78. The summed E-state index contributed by atoms with van der Waals surface area (Å²) in [6, 6.07) is 9.46. The number of rotatable bonds is 4. The first-order chi connectivity index (χ1) is 8.22. The van der Waals surface area contributed by atoms with E-state index in [9.17, 15) is 4.91 Å². The molecule has 5 nitrogen and oxygen atoms in total. The molecule has 1 aromatic heterocycles. The summed E-state index contributed by atoms with van der Waals surface area (Å²) >= 11 is 0. The van der Waals surface area contributed by atoms with Crippen LogP contribution in [-0.4, -0.2) is 11.2 Å². The van der Waals surface area contributed by atoms with E-state index in [-0.39, 0.29) is 11.7 Å². The SMILES string of the molecule is CC(C)Nc1noc(-c2ccccc2)c1N=O. The first kappa shape index (κ1) is 11.3. The maximum Gasteiger partial charge on any atom is 0.200 e. The third kappa shape index (κ3) is 2.33. The number of nitrogens with one attached hydrogen (secondary N) is 1. The Hall–Kier alpha value is -2.17. The smallest absolute Gasteiger partial charge is 0.200 e. The molecule has 0 atom stereocenters. The molecule has 0 saturated heterocycles. The molecule has 5 heteroatoms. The van der Waals surface area contributed by atoms with Crippen LogP contribution in [0.3, 0.4) is 0 Å². The lowest BCUT2D eigenvalue weighted by atomic mass is 10.1. The van der Waals surface area contributed by atoms with Gasteiger partial charge < -0.3 is 9.84 Å². The average molecular weight is 231 g/mol. The summed E-state index contributed by atoms with van der Waals surface area (Å²) in [6.07, 6.45) is 0. The van der Waals surface area contributed by atoms with Crippen molar-refractivity contribution in [3.05, 3.63) is 35.2 Å². The minimum Gasteiger partial charge on any atom is -0.363 e. The highest BCUT2D eigenvalue weighted by atomic mass is 16.5. The lowest BCUT2D eigenvalue weighted by Gasteiger charge is -2.04. The summed E-state index contributed by atoms with van der Waals surface area (Å²) in [6.45, 7) is 3.90. The zero-order chi connectivity index (χ0) is 12.3. The molecule has 88 valence electrons. The van der Waals surface area contributed by atoms with Crippen molar-refractivity contribution < 1.29 is 4.52 Å². The summed E-state index contributed by atoms with van der Waals surface area (Å²) < 4.78 is 5.17. The third-order valence-corrected chi connectivity index (χ3v) is 2.22. The van der Waals surface area contributed by atoms with Crippen molar-refractivity contribution >= 4 is 11.5 Å². The molecule has 0 radical (unpaired) electrons. The first-order valence-corrected chi connectivity index (χ1v) is 5.37. The Morgan fingerprint density at radius 2 is 2.00 bits per heavy atom. The molecule has 0 bridgehead atoms. The van der Waals surface area contributed by atoms with Gasteiger partial charge in [0.25, 0.3) is 0 Å². The summed E-state index contributed by atoms with van der Waals surface area (Å²) in [5.74, 6) is 0.776. The monoisotopic (exact) mass is 231 g/mol. The quantitative estimate of drug-likeness (QED) is 0.817. The van der Waals surface area contributed by atoms with Crippen molar-refractivity contribution in [2.75, 3.05) is 5.32 Å². The lowest BCUT2D eigenvalue weighted by Crippen LogP contribution is -2.09. The number of aromatic nitrogens is 1. The van der Waals surface area contributed by atoms with E-state index < -0.39 is 0 Å². The van der Waals surface area contributed by atoms with Gasteiger partial charge in [-0.25, -0.2) is 0 Å². The fourth-order valence-corrected chi connectivity index (χ4v) is 1.52. The second-order valence-corrected chi connectivity index (χ2v) is 3.97. The Bertz CT molecular complexity index is 506. The van der Waals surface area contributed by atoms with E-state index in [1.54, 1.807) is 0 Å². The van der Waals surface area contributed by atoms with Crippen LogP contribution in [0.2, 0.25) is 0 Å². The number of nitrogens with zero attached hydrogens (tertiary/aromatic N) is 2. The molecule has 2 rings (SSSR count). The molecule has 1 aromatic carbocycles. The van der Waals surface area contributed by atoms with E-state index in [1.165, 1.54) is 0 Å². The highest BCUT2D eigenvalue weighted by Crippen LogP contribution is 2.36. The summed E-state index contributed by atoms with van der Waals surface area (Å²) in [5, 5.41) is 9.83. The molecule has 1 heterocycles. The van der Waals surface area contributed by atoms with E-state index in [4.69, 9.17) is 4.52 Å². The number of anilines is 1. The summed E-state index contributed by atoms with van der Waals surface area (Å²) in [7, 11) is 0. The Labute approximate surface area is 98.8 Å². The topological polar surface area (TPSA) is 67.5 Å². The molecule has 0 fully saturated rings. The van der Waals surface area contributed by atoms with Crippen LogP contribution in [0.1, 0.15) is 13.8 Å². The number of hydrogen-bond donors (Lipinski definition) is 1. The van der Waals surface area contributed by atoms with Gasteiger partial charge in [0.1, 0.15) is 0 Å². The van der Waals surface area contributed by atoms with Crippen molar-refractivity contribution in [3.8, 4) is 11.3 Å². The van der Waals surface area contributed by atoms with E-state index in [1.807, 2.05) is 44.2 Å². The molecule has 0 saturated carbocycles. The predicted molar refractivity (Wildman–Crippen MR) is 66.2 cm³/mol. The van der Waals surface area contributed by atoms with Crippen LogP contribution in [0, 0.1) is 4.91 Å². The zero-order valence-corrected chi connectivity index (χ0v) is 9.68. The van der Waals surface area contributed by atoms with Crippen LogP contribution in [-0.2, 0) is 0 Å². The fourth-order valence-electron chi connectivity index (χ4n) is 1.52. The average Bonchev–Trinajstić information content (AvgIpc) is 2.72. The highest BCUT2D eigenvalue weighted by molar-refractivity contribution is 5.78. The van der Waals surface area contributed by atoms with Gasteiger partial charge in [-0.3, -0.25) is 0 Å². The van der Waals surface area contributed by atoms with Crippen LogP contribution in [0.15, 0.2) is 40.0 Å². The van der Waals surface area contributed by atoms with Gasteiger partial charge in [0.05, 0.1) is 0 Å². The van der Waals surface area contributed by atoms with Gasteiger partial charge in [-0.1, -0.05) is 35.5 Å². The second-order valence-electron chi connectivity index (χ2n) is 3.97. The Kier molecular flexibility index (Phi) is 3.18. The molecule has 17 heavy (non-hydrogen) atoms. The van der Waals surface area contributed by atoms with Crippen molar-refractivity contribution in [1.82, 2.24) is 5.16 Å². The van der Waals surface area contributed by atoms with E-state index >= 15 is 0 Å². The van der Waals surface area contributed by atoms with Crippen molar-refractivity contribution in [2.24, 2.45) is 5.18 Å². The van der Waals surface area contributed by atoms with Crippen LogP contribution < -0.4 is 5.32 Å². The first-order valence-electron chi connectivity index (χ1n) is 5.37. The van der Waals surface area contributed by atoms with E-state index in [0.29, 0.717) is 11.6 Å². The number of hydrogen-bond acceptors (Lipinski definition) is 5. The largest absolute Gasteiger partial charge is 0.363 e. The highest BCUT2D eigenvalue weighted by Gasteiger charge is 2.18. The fraction of sp³-hybridized carbons (Fsp3) is 0.250. The molecule has 0 aliphatic carbocycles. The molecule has 0 aliphatic heterocycles. The maximum atomic E-state index is 10.9. The molecule has 2 aromatic rings. The Morgan fingerprint density at radius 1 is 1.29 bits per heavy atom. The van der Waals surface area contributed by atoms with Crippen molar-refractivity contribution in [2.45, 2.75) is 19.9 Å². The van der Waals surface area contributed by atoms with Crippen LogP contribution in [0.4, 0.5) is 11.5 Å². The third-order valence-electron chi connectivity index (χ3n) is 2.22. The van der Waals surface area contributed by atoms with Crippen LogP contribution in [0.5, 0.6) is 0 Å². The van der Waals surface area contributed by atoms with Gasteiger partial charge in [-0.15, -0.1) is 4.91 Å². The summed E-state index contributed by atoms with van der Waals surface area (Å²) in [4.78, 5) is 10.9. The lowest BCUT2D eigenvalue weighted by molar-refractivity contribution is 0.434. The predicted octanol–water partition coefficient (Wildman–Crippen LogP) is 3.56. The van der Waals surface area contributed by atoms with Gasteiger partial charge >= 0.3 is 0 Å². The van der Waals surface area contributed by atoms with Crippen molar-refractivity contribution in [1.29, 1.82) is 0 Å². The molecular formula is C12H13N3O2. The van der Waals surface area contributed by atoms with Gasteiger partial charge in [0.2, 0.25) is 0 Å². The minimum absolute atomic E-state index is 0.157. The van der Waals surface area contributed by atoms with E-state index in [2.05, 4.69) is 15.7 Å². The number of nitroso groups, excluding NO2 is 1. The van der Waals surface area contributed by atoms with Crippen LogP contribution >= 0.6 is 0 Å². The van der Waals surface area contributed by atoms with Gasteiger partial charge in [-0.2, -0.15) is 0 Å². The molecule has 0 amide bonds. The Morgan fingerprint density at radius 3 is 2.59 bits per heavy atom. The van der Waals surface area contributed by atoms with E-state index in [0.717, 1.165) is 5.56 Å². The van der Waals surface area contributed by atoms with Gasteiger partial charge in [0, 0.05) is 11.6 Å². The van der Waals surface area contributed by atoms with Gasteiger partial charge in [0.15, 0.2) is 17.3 Å². The number of benzene rings is 1. The zero-order valence-electron chi connectivity index (χ0n) is 9.68.